The van der Waals surface area contributed by atoms with Crippen LogP contribution >= 0.6 is 23.2 Å². The van der Waals surface area contributed by atoms with Gasteiger partial charge in [-0.15, -0.1) is 5.10 Å². The Labute approximate surface area is 156 Å². The number of hydrogen-bond donors (Lipinski definition) is 1. The maximum atomic E-state index is 12.3. The minimum Gasteiger partial charge on any atom is -0.403 e. The lowest BCUT2D eigenvalue weighted by Crippen LogP contribution is -2.12. The summed E-state index contributed by atoms with van der Waals surface area (Å²) in [5.74, 6) is -0.507. The summed E-state index contributed by atoms with van der Waals surface area (Å²) in [7, 11) is 0. The topological polar surface area (TPSA) is 111 Å². The lowest BCUT2D eigenvalue weighted by molar-refractivity contribution is -0.385. The summed E-state index contributed by atoms with van der Waals surface area (Å²) >= 11 is 11.9. The van der Waals surface area contributed by atoms with Gasteiger partial charge in [0.15, 0.2) is 0 Å². The minimum absolute atomic E-state index is 0.0906. The summed E-state index contributed by atoms with van der Waals surface area (Å²) in [4.78, 5) is 22.7. The Morgan fingerprint density at radius 1 is 1.15 bits per heavy atom. The van der Waals surface area contributed by atoms with Crippen LogP contribution in [0.4, 0.5) is 11.7 Å². The molecular formula is C16H10Cl2N4O4. The van der Waals surface area contributed by atoms with Crippen LogP contribution in [0.5, 0.6) is 0 Å². The van der Waals surface area contributed by atoms with Crippen LogP contribution in [0.25, 0.3) is 11.5 Å². The number of rotatable bonds is 4. The molecule has 0 aliphatic rings. The van der Waals surface area contributed by atoms with E-state index in [2.05, 4.69) is 15.5 Å². The van der Waals surface area contributed by atoms with Crippen LogP contribution in [0.1, 0.15) is 15.9 Å². The second kappa shape index (κ2) is 7.11. The van der Waals surface area contributed by atoms with Crippen LogP contribution in [0.2, 0.25) is 10.0 Å². The molecule has 0 atom stereocenters. The molecule has 1 heterocycles. The Hall–Kier alpha value is -2.97. The molecule has 10 heteroatoms. The number of nitrogens with zero attached hydrogens (tertiary/aromatic N) is 3. The van der Waals surface area contributed by atoms with E-state index in [9.17, 15) is 14.9 Å². The summed E-state index contributed by atoms with van der Waals surface area (Å²) in [5.41, 5.74) is 0.872. The number of amides is 1. The van der Waals surface area contributed by atoms with Gasteiger partial charge in [0.25, 0.3) is 11.6 Å². The Bertz CT molecular complexity index is 999. The highest BCUT2D eigenvalue weighted by Gasteiger charge is 2.17. The minimum atomic E-state index is -0.618. The zero-order valence-electron chi connectivity index (χ0n) is 13.2. The van der Waals surface area contributed by atoms with Gasteiger partial charge in [0.05, 0.1) is 4.92 Å². The number of aryl methyl sites for hydroxylation is 1. The van der Waals surface area contributed by atoms with Crippen molar-refractivity contribution in [2.24, 2.45) is 0 Å². The monoisotopic (exact) mass is 392 g/mol. The molecule has 132 valence electrons. The first-order valence-electron chi connectivity index (χ1n) is 7.20. The maximum absolute atomic E-state index is 12.3. The van der Waals surface area contributed by atoms with E-state index in [0.29, 0.717) is 21.2 Å². The lowest BCUT2D eigenvalue weighted by atomic mass is 10.1. The summed E-state index contributed by atoms with van der Waals surface area (Å²) in [5, 5.41) is 21.7. The van der Waals surface area contributed by atoms with E-state index < -0.39 is 10.8 Å². The van der Waals surface area contributed by atoms with Crippen LogP contribution in [-0.2, 0) is 0 Å². The predicted octanol–water partition coefficient (Wildman–Crippen LogP) is 4.51. The SMILES string of the molecule is Cc1ccc(C(=O)Nc2nnc(-c3cc(Cl)cc(Cl)c3)o2)cc1[N+](=O)[O-]. The highest BCUT2D eigenvalue weighted by atomic mass is 35.5. The first-order chi connectivity index (χ1) is 12.3. The maximum Gasteiger partial charge on any atom is 0.322 e. The van der Waals surface area contributed by atoms with Gasteiger partial charge in [0, 0.05) is 32.8 Å². The third-order valence-corrected chi connectivity index (χ3v) is 3.86. The molecular weight excluding hydrogens is 383 g/mol. The van der Waals surface area contributed by atoms with E-state index in [0.717, 1.165) is 0 Å². The van der Waals surface area contributed by atoms with Crippen LogP contribution < -0.4 is 5.32 Å². The average Bonchev–Trinajstić information content (AvgIpc) is 3.02. The Kier molecular flexibility index (Phi) is 4.88. The highest BCUT2D eigenvalue weighted by molar-refractivity contribution is 6.35. The number of carbonyl (C=O) groups excluding carboxylic acids is 1. The van der Waals surface area contributed by atoms with Gasteiger partial charge in [-0.25, -0.2) is 0 Å². The summed E-state index contributed by atoms with van der Waals surface area (Å²) in [6.45, 7) is 1.58. The number of nitrogens with one attached hydrogen (secondary N) is 1. The summed E-state index contributed by atoms with van der Waals surface area (Å²) < 4.78 is 5.37. The molecule has 0 bridgehead atoms. The van der Waals surface area contributed by atoms with Crippen molar-refractivity contribution in [1.29, 1.82) is 0 Å². The molecule has 3 rings (SSSR count). The number of aromatic nitrogens is 2. The van der Waals surface area contributed by atoms with Crippen LogP contribution in [0, 0.1) is 17.0 Å². The van der Waals surface area contributed by atoms with Gasteiger partial charge in [-0.1, -0.05) is 34.4 Å². The van der Waals surface area contributed by atoms with Crippen molar-refractivity contribution in [1.82, 2.24) is 10.2 Å². The van der Waals surface area contributed by atoms with Crippen molar-refractivity contribution in [3.63, 3.8) is 0 Å². The number of anilines is 1. The van der Waals surface area contributed by atoms with Gasteiger partial charge in [-0.3, -0.25) is 20.2 Å². The fraction of sp³-hybridized carbons (Fsp3) is 0.0625. The third-order valence-electron chi connectivity index (χ3n) is 3.42. The molecule has 0 spiro atoms. The predicted molar refractivity (Wildman–Crippen MR) is 95.5 cm³/mol. The second-order valence-electron chi connectivity index (χ2n) is 5.28. The van der Waals surface area contributed by atoms with E-state index in [1.54, 1.807) is 25.1 Å². The molecule has 0 saturated carbocycles. The van der Waals surface area contributed by atoms with E-state index in [4.69, 9.17) is 27.6 Å². The zero-order valence-corrected chi connectivity index (χ0v) is 14.7. The fourth-order valence-electron chi connectivity index (χ4n) is 2.18. The van der Waals surface area contributed by atoms with Crippen molar-refractivity contribution >= 4 is 40.8 Å². The van der Waals surface area contributed by atoms with E-state index in [-0.39, 0.29) is 23.2 Å². The van der Waals surface area contributed by atoms with Gasteiger partial charge in [-0.2, -0.15) is 0 Å². The molecule has 8 nitrogen and oxygen atoms in total. The van der Waals surface area contributed by atoms with Crippen molar-refractivity contribution in [3.8, 4) is 11.5 Å². The van der Waals surface area contributed by atoms with Crippen LogP contribution in [-0.4, -0.2) is 21.0 Å². The molecule has 0 fully saturated rings. The van der Waals surface area contributed by atoms with Gasteiger partial charge in [0.2, 0.25) is 5.89 Å². The number of carbonyl (C=O) groups is 1. The molecule has 2 aromatic carbocycles. The molecule has 0 saturated heterocycles. The van der Waals surface area contributed by atoms with Gasteiger partial charge in [0.1, 0.15) is 0 Å². The first-order valence-corrected chi connectivity index (χ1v) is 7.95. The van der Waals surface area contributed by atoms with Gasteiger partial charge in [-0.05, 0) is 31.2 Å². The second-order valence-corrected chi connectivity index (χ2v) is 6.16. The van der Waals surface area contributed by atoms with E-state index in [1.165, 1.54) is 18.2 Å². The summed E-state index contributed by atoms with van der Waals surface area (Å²) in [6.07, 6.45) is 0. The number of benzene rings is 2. The molecule has 0 aliphatic heterocycles. The smallest absolute Gasteiger partial charge is 0.322 e. The third kappa shape index (κ3) is 3.81. The Balaban J connectivity index is 1.82. The Morgan fingerprint density at radius 3 is 2.50 bits per heavy atom. The Morgan fingerprint density at radius 2 is 1.85 bits per heavy atom. The van der Waals surface area contributed by atoms with E-state index in [1.807, 2.05) is 0 Å². The average molecular weight is 393 g/mol. The molecule has 0 unspecified atom stereocenters. The number of nitro groups is 1. The van der Waals surface area contributed by atoms with Crippen molar-refractivity contribution < 1.29 is 14.1 Å². The standard InChI is InChI=1S/C16H10Cl2N4O4/c1-8-2-3-9(6-13(8)22(24)25)14(23)19-16-21-20-15(26-16)10-4-11(17)7-12(18)5-10/h2-7H,1H3,(H,19,21,23). The summed E-state index contributed by atoms with van der Waals surface area (Å²) in [6, 6.07) is 8.68. The van der Waals surface area contributed by atoms with Crippen LogP contribution in [0.15, 0.2) is 40.8 Å². The highest BCUT2D eigenvalue weighted by Crippen LogP contribution is 2.27. The molecule has 1 N–H and O–H groups in total. The fourth-order valence-corrected chi connectivity index (χ4v) is 2.71. The number of hydrogen-bond acceptors (Lipinski definition) is 6. The molecule has 1 aromatic heterocycles. The molecule has 3 aromatic rings. The van der Waals surface area contributed by atoms with Crippen molar-refractivity contribution in [2.75, 3.05) is 5.32 Å². The lowest BCUT2D eigenvalue weighted by Gasteiger charge is -2.02. The largest absolute Gasteiger partial charge is 0.403 e. The van der Waals surface area contributed by atoms with Crippen molar-refractivity contribution in [3.05, 3.63) is 67.7 Å². The molecule has 0 radical (unpaired) electrons. The number of halogens is 2. The van der Waals surface area contributed by atoms with Gasteiger partial charge < -0.3 is 4.42 Å². The molecule has 26 heavy (non-hydrogen) atoms. The molecule has 1 amide bonds. The first kappa shape index (κ1) is 17.8. The quantitative estimate of drug-likeness (QED) is 0.516. The van der Waals surface area contributed by atoms with E-state index >= 15 is 0 Å². The van der Waals surface area contributed by atoms with Crippen LogP contribution in [0.3, 0.4) is 0 Å². The normalized spacial score (nSPS) is 10.6. The zero-order chi connectivity index (χ0) is 18.8. The van der Waals surface area contributed by atoms with Crippen molar-refractivity contribution in [2.45, 2.75) is 6.92 Å². The molecule has 0 aliphatic carbocycles. The number of nitro benzene ring substituents is 1. The van der Waals surface area contributed by atoms with Gasteiger partial charge >= 0.3 is 6.01 Å².